The van der Waals surface area contributed by atoms with Crippen molar-refractivity contribution in [2.45, 2.75) is 19.9 Å². The van der Waals surface area contributed by atoms with E-state index in [2.05, 4.69) is 28.9 Å². The van der Waals surface area contributed by atoms with E-state index < -0.39 is 0 Å². The van der Waals surface area contributed by atoms with Gasteiger partial charge < -0.3 is 10.5 Å². The first kappa shape index (κ1) is 12.4. The van der Waals surface area contributed by atoms with E-state index in [1.807, 2.05) is 35.1 Å². The number of ether oxygens (including phenoxy) is 1. The average Bonchev–Trinajstić information content (AvgIpc) is 2.87. The predicted molar refractivity (Wildman–Crippen MR) is 76.6 cm³/mol. The highest BCUT2D eigenvalue weighted by Crippen LogP contribution is 2.27. The van der Waals surface area contributed by atoms with E-state index in [9.17, 15) is 0 Å². The molecule has 0 bridgehead atoms. The van der Waals surface area contributed by atoms with Crippen LogP contribution in [0.25, 0.3) is 10.9 Å². The molecule has 6 nitrogen and oxygen atoms in total. The van der Waals surface area contributed by atoms with Crippen LogP contribution in [0.4, 0.5) is 5.95 Å². The number of nitrogens with zero attached hydrogens (tertiary/aromatic N) is 4. The summed E-state index contributed by atoms with van der Waals surface area (Å²) in [6.07, 6.45) is 3.49. The molecule has 2 heterocycles. The molecule has 0 amide bonds. The van der Waals surface area contributed by atoms with E-state index in [4.69, 9.17) is 10.5 Å². The Hall–Kier alpha value is -2.63. The second-order valence-electron chi connectivity index (χ2n) is 4.76. The Balaban J connectivity index is 2.01. The summed E-state index contributed by atoms with van der Waals surface area (Å²) in [4.78, 5) is 8.34. The first-order chi connectivity index (χ1) is 9.63. The van der Waals surface area contributed by atoms with E-state index in [0.29, 0.717) is 11.6 Å². The van der Waals surface area contributed by atoms with Crippen LogP contribution in [0, 0.1) is 0 Å². The Morgan fingerprint density at radius 3 is 2.75 bits per heavy atom. The number of rotatable bonds is 3. The highest BCUT2D eigenvalue weighted by atomic mass is 16.5. The number of anilines is 1. The summed E-state index contributed by atoms with van der Waals surface area (Å²) >= 11 is 0. The van der Waals surface area contributed by atoms with Gasteiger partial charge in [-0.15, -0.1) is 0 Å². The second kappa shape index (κ2) is 4.80. The lowest BCUT2D eigenvalue weighted by atomic mass is 10.2. The summed E-state index contributed by atoms with van der Waals surface area (Å²) in [5, 5.41) is 5.05. The molecule has 2 N–H and O–H groups in total. The van der Waals surface area contributed by atoms with Gasteiger partial charge in [-0.3, -0.25) is 4.68 Å². The minimum absolute atomic E-state index is 0.190. The van der Waals surface area contributed by atoms with Crippen molar-refractivity contribution >= 4 is 16.9 Å². The van der Waals surface area contributed by atoms with Crippen molar-refractivity contribution in [3.63, 3.8) is 0 Å². The van der Waals surface area contributed by atoms with Gasteiger partial charge >= 0.3 is 0 Å². The molecule has 6 heteroatoms. The number of nitrogens with two attached hydrogens (primary N) is 1. The molecule has 0 saturated carbocycles. The summed E-state index contributed by atoms with van der Waals surface area (Å²) in [5.74, 6) is 1.26. The fourth-order valence-corrected chi connectivity index (χ4v) is 1.91. The molecule has 0 unspecified atom stereocenters. The van der Waals surface area contributed by atoms with Gasteiger partial charge in [-0.1, -0.05) is 12.1 Å². The highest BCUT2D eigenvalue weighted by molar-refractivity contribution is 5.84. The maximum Gasteiger partial charge on any atom is 0.232 e. The average molecular weight is 269 g/mol. The lowest BCUT2D eigenvalue weighted by molar-refractivity contribution is 0.465. The van der Waals surface area contributed by atoms with Crippen LogP contribution in [-0.4, -0.2) is 19.7 Å². The fraction of sp³-hybridized carbons (Fsp3) is 0.214. The number of nitrogen functional groups attached to an aromatic ring is 1. The van der Waals surface area contributed by atoms with Gasteiger partial charge in [0.2, 0.25) is 11.8 Å². The van der Waals surface area contributed by atoms with E-state index >= 15 is 0 Å². The quantitative estimate of drug-likeness (QED) is 0.791. The van der Waals surface area contributed by atoms with Gasteiger partial charge in [0.05, 0.1) is 23.3 Å². The molecule has 0 saturated heterocycles. The van der Waals surface area contributed by atoms with Crippen molar-refractivity contribution in [3.05, 3.63) is 36.7 Å². The molecule has 20 heavy (non-hydrogen) atoms. The normalized spacial score (nSPS) is 11.2. The van der Waals surface area contributed by atoms with Crippen molar-refractivity contribution in [3.8, 4) is 11.6 Å². The molecule has 2 aromatic heterocycles. The third-order valence-corrected chi connectivity index (χ3v) is 2.91. The van der Waals surface area contributed by atoms with E-state index in [1.165, 1.54) is 0 Å². The van der Waals surface area contributed by atoms with Crippen molar-refractivity contribution in [2.24, 2.45) is 0 Å². The SMILES string of the molecule is CC(C)n1cc(Oc2nc(N)nc3ccccc23)cn1. The number of hydrogen-bond acceptors (Lipinski definition) is 5. The molecule has 102 valence electrons. The summed E-state index contributed by atoms with van der Waals surface area (Å²) in [6, 6.07) is 7.86. The maximum absolute atomic E-state index is 5.79. The first-order valence-electron chi connectivity index (χ1n) is 6.38. The van der Waals surface area contributed by atoms with Crippen molar-refractivity contribution in [2.75, 3.05) is 5.73 Å². The van der Waals surface area contributed by atoms with Crippen LogP contribution in [-0.2, 0) is 0 Å². The topological polar surface area (TPSA) is 78.9 Å². The van der Waals surface area contributed by atoms with Crippen LogP contribution in [0.5, 0.6) is 11.6 Å². The standard InChI is InChI=1S/C14H15N5O/c1-9(2)19-8-10(7-16-19)20-13-11-5-3-4-6-12(11)17-14(15)18-13/h3-9H,1-2H3,(H2,15,17,18). The summed E-state index contributed by atoms with van der Waals surface area (Å²) in [6.45, 7) is 4.10. The molecule has 0 aliphatic rings. The van der Waals surface area contributed by atoms with Crippen LogP contribution in [0.15, 0.2) is 36.7 Å². The summed E-state index contributed by atoms with van der Waals surface area (Å²) in [5.41, 5.74) is 6.46. The van der Waals surface area contributed by atoms with Gasteiger partial charge in [0.25, 0.3) is 0 Å². The van der Waals surface area contributed by atoms with E-state index in [0.717, 1.165) is 10.9 Å². The molecular weight excluding hydrogens is 254 g/mol. The number of benzene rings is 1. The Morgan fingerprint density at radius 2 is 2.00 bits per heavy atom. The summed E-state index contributed by atoms with van der Waals surface area (Å²) in [7, 11) is 0. The van der Waals surface area contributed by atoms with E-state index in [1.54, 1.807) is 6.20 Å². The minimum atomic E-state index is 0.190. The van der Waals surface area contributed by atoms with Gasteiger partial charge in [-0.2, -0.15) is 10.1 Å². The van der Waals surface area contributed by atoms with Crippen LogP contribution in [0.1, 0.15) is 19.9 Å². The maximum atomic E-state index is 5.79. The molecule has 3 aromatic rings. The number of hydrogen-bond donors (Lipinski definition) is 1. The van der Waals surface area contributed by atoms with Crippen LogP contribution in [0.2, 0.25) is 0 Å². The fourth-order valence-electron chi connectivity index (χ4n) is 1.91. The second-order valence-corrected chi connectivity index (χ2v) is 4.76. The molecule has 3 rings (SSSR count). The highest BCUT2D eigenvalue weighted by Gasteiger charge is 2.10. The third-order valence-electron chi connectivity index (χ3n) is 2.91. The molecular formula is C14H15N5O. The smallest absolute Gasteiger partial charge is 0.232 e. The Morgan fingerprint density at radius 1 is 1.20 bits per heavy atom. The Labute approximate surface area is 116 Å². The van der Waals surface area contributed by atoms with Gasteiger partial charge in [-0.05, 0) is 26.0 Å². The molecule has 0 radical (unpaired) electrons. The van der Waals surface area contributed by atoms with Crippen LogP contribution in [0.3, 0.4) is 0 Å². The molecule has 1 aromatic carbocycles. The lowest BCUT2D eigenvalue weighted by Gasteiger charge is -2.07. The van der Waals surface area contributed by atoms with Crippen molar-refractivity contribution in [1.29, 1.82) is 0 Å². The van der Waals surface area contributed by atoms with E-state index in [-0.39, 0.29) is 12.0 Å². The zero-order valence-corrected chi connectivity index (χ0v) is 11.3. The largest absolute Gasteiger partial charge is 0.435 e. The zero-order valence-electron chi connectivity index (χ0n) is 11.3. The van der Waals surface area contributed by atoms with Crippen molar-refractivity contribution < 1.29 is 4.74 Å². The van der Waals surface area contributed by atoms with Gasteiger partial charge in [0.15, 0.2) is 5.75 Å². The van der Waals surface area contributed by atoms with Crippen LogP contribution < -0.4 is 10.5 Å². The van der Waals surface area contributed by atoms with Gasteiger partial charge in [-0.25, -0.2) is 4.98 Å². The third kappa shape index (κ3) is 2.27. The number of para-hydroxylation sites is 1. The molecule has 0 fully saturated rings. The first-order valence-corrected chi connectivity index (χ1v) is 6.38. The number of aromatic nitrogens is 4. The Kier molecular flexibility index (Phi) is 2.98. The lowest BCUT2D eigenvalue weighted by Crippen LogP contribution is -2.00. The molecule has 0 spiro atoms. The predicted octanol–water partition coefficient (Wildman–Crippen LogP) is 2.78. The monoisotopic (exact) mass is 269 g/mol. The zero-order chi connectivity index (χ0) is 14.1. The molecule has 0 aliphatic heterocycles. The van der Waals surface area contributed by atoms with Crippen LogP contribution >= 0.6 is 0 Å². The molecule has 0 aliphatic carbocycles. The Bertz CT molecular complexity index is 750. The summed E-state index contributed by atoms with van der Waals surface area (Å²) < 4.78 is 7.61. The molecule has 0 atom stereocenters. The minimum Gasteiger partial charge on any atom is -0.435 e. The van der Waals surface area contributed by atoms with Crippen molar-refractivity contribution in [1.82, 2.24) is 19.7 Å². The number of fused-ring (bicyclic) bond motifs is 1. The van der Waals surface area contributed by atoms with Gasteiger partial charge in [0, 0.05) is 6.04 Å². The van der Waals surface area contributed by atoms with Gasteiger partial charge in [0.1, 0.15) is 0 Å².